The minimum absolute atomic E-state index is 0.0187. The smallest absolute Gasteiger partial charge is 0.258 e. The fraction of sp³-hybridized carbons (Fsp3) is 0.360. The molecule has 1 aliphatic heterocycles. The molecular weight excluding hydrogens is 440 g/mol. The number of hydrogen-bond acceptors (Lipinski definition) is 5. The van der Waals surface area contributed by atoms with Gasteiger partial charge in [-0.15, -0.1) is 0 Å². The Bertz CT molecular complexity index is 1180. The Kier molecular flexibility index (Phi) is 6.79. The van der Waals surface area contributed by atoms with E-state index >= 15 is 0 Å². The molecule has 0 spiro atoms. The van der Waals surface area contributed by atoms with Crippen molar-refractivity contribution in [3.05, 3.63) is 63.9 Å². The standard InChI is InChI=1S/C25H27ClN4O3/c1-15-7-8-20(21(26)13-15)25(32)30-11-9-18(10-12-30)14-23-28-24(33-29-23)19-5-4-6-22(16(19)2)27-17(3)31/h4-8,13,18H,9-12,14H2,1-3H3,(H,27,31). The van der Waals surface area contributed by atoms with Crippen molar-refractivity contribution in [3.8, 4) is 11.5 Å². The zero-order valence-electron chi connectivity index (χ0n) is 19.0. The van der Waals surface area contributed by atoms with Crippen LogP contribution >= 0.6 is 11.6 Å². The number of piperidine rings is 1. The first kappa shape index (κ1) is 23.0. The van der Waals surface area contributed by atoms with E-state index in [1.807, 2.05) is 49.1 Å². The Labute approximate surface area is 198 Å². The number of aryl methyl sites for hydroxylation is 1. The second kappa shape index (κ2) is 9.75. The monoisotopic (exact) mass is 466 g/mol. The number of nitrogens with zero attached hydrogens (tertiary/aromatic N) is 3. The normalized spacial score (nSPS) is 14.4. The SMILES string of the molecule is CC(=O)Nc1cccc(-c2nc(CC3CCN(C(=O)c4ccc(C)cc4Cl)CC3)no2)c1C. The van der Waals surface area contributed by atoms with Crippen LogP contribution in [0.15, 0.2) is 40.9 Å². The van der Waals surface area contributed by atoms with Gasteiger partial charge in [-0.2, -0.15) is 4.98 Å². The molecule has 172 valence electrons. The largest absolute Gasteiger partial charge is 0.339 e. The molecule has 2 aromatic carbocycles. The number of anilines is 1. The fourth-order valence-electron chi connectivity index (χ4n) is 4.20. The second-order valence-corrected chi connectivity index (χ2v) is 9.01. The van der Waals surface area contributed by atoms with Gasteiger partial charge >= 0.3 is 0 Å². The van der Waals surface area contributed by atoms with Gasteiger partial charge in [0, 0.05) is 37.7 Å². The van der Waals surface area contributed by atoms with Crippen LogP contribution in [0, 0.1) is 19.8 Å². The summed E-state index contributed by atoms with van der Waals surface area (Å²) in [6.07, 6.45) is 2.44. The van der Waals surface area contributed by atoms with E-state index in [9.17, 15) is 9.59 Å². The lowest BCUT2D eigenvalue weighted by Crippen LogP contribution is -2.39. The summed E-state index contributed by atoms with van der Waals surface area (Å²) >= 11 is 6.28. The van der Waals surface area contributed by atoms with Crippen LogP contribution in [0.2, 0.25) is 5.02 Å². The molecular formula is C25H27ClN4O3. The van der Waals surface area contributed by atoms with Gasteiger partial charge in [0.15, 0.2) is 5.82 Å². The third-order valence-electron chi connectivity index (χ3n) is 6.07. The van der Waals surface area contributed by atoms with Crippen molar-refractivity contribution in [2.45, 2.75) is 40.0 Å². The quantitative estimate of drug-likeness (QED) is 0.567. The molecule has 0 aliphatic carbocycles. The highest BCUT2D eigenvalue weighted by Crippen LogP contribution is 2.29. The Morgan fingerprint density at radius 3 is 2.64 bits per heavy atom. The molecule has 1 aromatic heterocycles. The lowest BCUT2D eigenvalue weighted by molar-refractivity contribution is -0.114. The molecule has 2 heterocycles. The molecule has 8 heteroatoms. The summed E-state index contributed by atoms with van der Waals surface area (Å²) in [6.45, 7) is 6.70. The van der Waals surface area contributed by atoms with Crippen molar-refractivity contribution in [1.82, 2.24) is 15.0 Å². The zero-order valence-corrected chi connectivity index (χ0v) is 19.8. The Morgan fingerprint density at radius 2 is 1.94 bits per heavy atom. The van der Waals surface area contributed by atoms with Gasteiger partial charge in [-0.1, -0.05) is 28.9 Å². The molecule has 0 radical (unpaired) electrons. The predicted molar refractivity (Wildman–Crippen MR) is 127 cm³/mol. The van der Waals surface area contributed by atoms with Crippen molar-refractivity contribution < 1.29 is 14.1 Å². The molecule has 2 amide bonds. The zero-order chi connectivity index (χ0) is 23.5. The first-order chi connectivity index (χ1) is 15.8. The van der Waals surface area contributed by atoms with Crippen molar-refractivity contribution in [3.63, 3.8) is 0 Å². The first-order valence-corrected chi connectivity index (χ1v) is 11.4. The van der Waals surface area contributed by atoms with Crippen LogP contribution in [0.3, 0.4) is 0 Å². The van der Waals surface area contributed by atoms with Crippen LogP contribution in [0.5, 0.6) is 0 Å². The van der Waals surface area contributed by atoms with E-state index in [4.69, 9.17) is 16.1 Å². The van der Waals surface area contributed by atoms with E-state index in [2.05, 4.69) is 15.5 Å². The van der Waals surface area contributed by atoms with E-state index in [-0.39, 0.29) is 11.8 Å². The number of carbonyl (C=O) groups is 2. The van der Waals surface area contributed by atoms with Gasteiger partial charge in [0.2, 0.25) is 5.91 Å². The van der Waals surface area contributed by atoms with E-state index in [1.165, 1.54) is 6.92 Å². The highest BCUT2D eigenvalue weighted by atomic mass is 35.5. The van der Waals surface area contributed by atoms with Crippen molar-refractivity contribution in [2.75, 3.05) is 18.4 Å². The topological polar surface area (TPSA) is 88.3 Å². The van der Waals surface area contributed by atoms with Gasteiger partial charge in [0.25, 0.3) is 11.8 Å². The van der Waals surface area contributed by atoms with Gasteiger partial charge in [-0.3, -0.25) is 9.59 Å². The van der Waals surface area contributed by atoms with Crippen molar-refractivity contribution >= 4 is 29.1 Å². The lowest BCUT2D eigenvalue weighted by Gasteiger charge is -2.31. The molecule has 0 bridgehead atoms. The average molecular weight is 467 g/mol. The van der Waals surface area contributed by atoms with E-state index < -0.39 is 0 Å². The minimum Gasteiger partial charge on any atom is -0.339 e. The van der Waals surface area contributed by atoms with Gasteiger partial charge in [0.1, 0.15) is 0 Å². The van der Waals surface area contributed by atoms with Crippen LogP contribution in [0.1, 0.15) is 47.1 Å². The maximum atomic E-state index is 12.9. The maximum Gasteiger partial charge on any atom is 0.258 e. The van der Waals surface area contributed by atoms with E-state index in [0.29, 0.717) is 47.7 Å². The van der Waals surface area contributed by atoms with E-state index in [1.54, 1.807) is 6.07 Å². The van der Waals surface area contributed by atoms with Gasteiger partial charge < -0.3 is 14.7 Å². The molecule has 33 heavy (non-hydrogen) atoms. The Morgan fingerprint density at radius 1 is 1.18 bits per heavy atom. The van der Waals surface area contributed by atoms with E-state index in [0.717, 1.165) is 35.2 Å². The number of amides is 2. The molecule has 3 aromatic rings. The Balaban J connectivity index is 1.37. The summed E-state index contributed by atoms with van der Waals surface area (Å²) in [7, 11) is 0. The molecule has 1 saturated heterocycles. The number of rotatable bonds is 5. The highest BCUT2D eigenvalue weighted by Gasteiger charge is 2.26. The predicted octanol–water partition coefficient (Wildman–Crippen LogP) is 5.06. The average Bonchev–Trinajstić information content (AvgIpc) is 3.23. The summed E-state index contributed by atoms with van der Waals surface area (Å²) < 4.78 is 5.52. The minimum atomic E-state index is -0.129. The molecule has 0 atom stereocenters. The first-order valence-electron chi connectivity index (χ1n) is 11.1. The van der Waals surface area contributed by atoms with Gasteiger partial charge in [-0.05, 0) is 68.0 Å². The van der Waals surface area contributed by atoms with Crippen LogP contribution in [0.25, 0.3) is 11.5 Å². The highest BCUT2D eigenvalue weighted by molar-refractivity contribution is 6.33. The number of benzene rings is 2. The molecule has 1 aliphatic rings. The molecule has 0 saturated carbocycles. The van der Waals surface area contributed by atoms with Crippen LogP contribution < -0.4 is 5.32 Å². The van der Waals surface area contributed by atoms with Crippen molar-refractivity contribution in [1.29, 1.82) is 0 Å². The molecule has 1 N–H and O–H groups in total. The molecule has 7 nitrogen and oxygen atoms in total. The number of hydrogen-bond donors (Lipinski definition) is 1. The number of halogens is 1. The number of nitrogens with one attached hydrogen (secondary N) is 1. The van der Waals surface area contributed by atoms with Crippen LogP contribution in [-0.2, 0) is 11.2 Å². The lowest BCUT2D eigenvalue weighted by atomic mass is 9.93. The fourth-order valence-corrected chi connectivity index (χ4v) is 4.52. The number of carbonyl (C=O) groups excluding carboxylic acids is 2. The summed E-state index contributed by atoms with van der Waals surface area (Å²) in [4.78, 5) is 30.7. The number of likely N-dealkylation sites (tertiary alicyclic amines) is 1. The van der Waals surface area contributed by atoms with Crippen LogP contribution in [-0.4, -0.2) is 39.9 Å². The maximum absolute atomic E-state index is 12.9. The molecule has 1 fully saturated rings. The van der Waals surface area contributed by atoms with Crippen molar-refractivity contribution in [2.24, 2.45) is 5.92 Å². The molecule has 4 rings (SSSR count). The second-order valence-electron chi connectivity index (χ2n) is 8.60. The Hall–Kier alpha value is -3.19. The third kappa shape index (κ3) is 5.25. The summed E-state index contributed by atoms with van der Waals surface area (Å²) in [5.74, 6) is 1.32. The molecule has 0 unspecified atom stereocenters. The summed E-state index contributed by atoms with van der Waals surface area (Å²) in [5, 5.41) is 7.49. The summed E-state index contributed by atoms with van der Waals surface area (Å²) in [6, 6.07) is 11.1. The van der Waals surface area contributed by atoms with Crippen LogP contribution in [0.4, 0.5) is 5.69 Å². The van der Waals surface area contributed by atoms with Gasteiger partial charge in [0.05, 0.1) is 10.6 Å². The van der Waals surface area contributed by atoms with Gasteiger partial charge in [-0.25, -0.2) is 0 Å². The third-order valence-corrected chi connectivity index (χ3v) is 6.38. The summed E-state index contributed by atoms with van der Waals surface area (Å²) in [5.41, 5.74) is 4.00. The number of aromatic nitrogens is 2.